The fourth-order valence-electron chi connectivity index (χ4n) is 4.37. The van der Waals surface area contributed by atoms with Gasteiger partial charge in [-0.05, 0) is 62.9 Å². The van der Waals surface area contributed by atoms with E-state index in [2.05, 4.69) is 5.32 Å². The molecule has 2 N–H and O–H groups in total. The SMILES string of the molecule is CCOc1cc([C@H](CC(C)(C)O)N2Cc3cccc(NC(=O)C4CC4)c3C2=O)ccc1OC. The van der Waals surface area contributed by atoms with Gasteiger partial charge >= 0.3 is 0 Å². The molecule has 2 aromatic carbocycles. The Labute approximate surface area is 194 Å². The Morgan fingerprint density at radius 2 is 2.00 bits per heavy atom. The highest BCUT2D eigenvalue weighted by Crippen LogP contribution is 2.41. The van der Waals surface area contributed by atoms with Crippen molar-refractivity contribution in [1.82, 2.24) is 4.90 Å². The van der Waals surface area contributed by atoms with Crippen LogP contribution in [0.5, 0.6) is 11.5 Å². The molecule has 7 heteroatoms. The summed E-state index contributed by atoms with van der Waals surface area (Å²) in [6.45, 7) is 6.26. The molecular formula is C26H32N2O5. The molecule has 1 aliphatic carbocycles. The van der Waals surface area contributed by atoms with Gasteiger partial charge in [0.1, 0.15) is 0 Å². The summed E-state index contributed by atoms with van der Waals surface area (Å²) >= 11 is 0. The minimum Gasteiger partial charge on any atom is -0.493 e. The number of nitrogens with one attached hydrogen (secondary N) is 1. The number of methoxy groups -OCH3 is 1. The summed E-state index contributed by atoms with van der Waals surface area (Å²) in [6, 6.07) is 10.8. The lowest BCUT2D eigenvalue weighted by molar-refractivity contribution is -0.117. The van der Waals surface area contributed by atoms with E-state index in [9.17, 15) is 14.7 Å². The molecule has 7 nitrogen and oxygen atoms in total. The highest BCUT2D eigenvalue weighted by molar-refractivity contribution is 6.07. The molecule has 0 bridgehead atoms. The maximum Gasteiger partial charge on any atom is 0.257 e. The molecule has 2 amide bonds. The number of anilines is 1. The number of fused-ring (bicyclic) bond motifs is 1. The van der Waals surface area contributed by atoms with Gasteiger partial charge in [-0.3, -0.25) is 9.59 Å². The Hall–Kier alpha value is -3.06. The van der Waals surface area contributed by atoms with Crippen LogP contribution in [0.4, 0.5) is 5.69 Å². The summed E-state index contributed by atoms with van der Waals surface area (Å²) < 4.78 is 11.2. The molecular weight excluding hydrogens is 420 g/mol. The van der Waals surface area contributed by atoms with Gasteiger partial charge in [0.05, 0.1) is 36.6 Å². The minimum atomic E-state index is -1.01. The van der Waals surface area contributed by atoms with Gasteiger partial charge in [0.2, 0.25) is 5.91 Å². The van der Waals surface area contributed by atoms with E-state index < -0.39 is 5.60 Å². The topological polar surface area (TPSA) is 88.1 Å². The van der Waals surface area contributed by atoms with Crippen LogP contribution >= 0.6 is 0 Å². The van der Waals surface area contributed by atoms with Gasteiger partial charge in [-0.1, -0.05) is 18.2 Å². The molecule has 4 rings (SSSR count). The van der Waals surface area contributed by atoms with E-state index in [1.165, 1.54) is 0 Å². The lowest BCUT2D eigenvalue weighted by Crippen LogP contribution is -2.35. The van der Waals surface area contributed by atoms with Crippen LogP contribution in [0.1, 0.15) is 67.6 Å². The van der Waals surface area contributed by atoms with Gasteiger partial charge in [0, 0.05) is 18.9 Å². The molecule has 0 spiro atoms. The molecule has 33 heavy (non-hydrogen) atoms. The first-order valence-electron chi connectivity index (χ1n) is 11.5. The highest BCUT2D eigenvalue weighted by atomic mass is 16.5. The second kappa shape index (κ2) is 9.06. The third-order valence-electron chi connectivity index (χ3n) is 6.11. The van der Waals surface area contributed by atoms with E-state index in [1.807, 2.05) is 37.3 Å². The summed E-state index contributed by atoms with van der Waals surface area (Å²) in [5.41, 5.74) is 1.81. The first-order chi connectivity index (χ1) is 15.7. The minimum absolute atomic E-state index is 0.0285. The number of hydrogen-bond acceptors (Lipinski definition) is 5. The van der Waals surface area contributed by atoms with Gasteiger partial charge in [0.25, 0.3) is 5.91 Å². The Kier molecular flexibility index (Phi) is 6.34. The summed E-state index contributed by atoms with van der Waals surface area (Å²) in [7, 11) is 1.59. The fourth-order valence-corrected chi connectivity index (χ4v) is 4.37. The number of carbonyl (C=O) groups excluding carboxylic acids is 2. The quantitative estimate of drug-likeness (QED) is 0.592. The number of amides is 2. The van der Waals surface area contributed by atoms with Crippen LogP contribution in [0.3, 0.4) is 0 Å². The summed E-state index contributed by atoms with van der Waals surface area (Å²) in [4.78, 5) is 27.8. The van der Waals surface area contributed by atoms with E-state index in [0.717, 1.165) is 24.0 Å². The lowest BCUT2D eigenvalue weighted by atomic mass is 9.92. The third-order valence-corrected chi connectivity index (χ3v) is 6.11. The van der Waals surface area contributed by atoms with Crippen LogP contribution in [0.15, 0.2) is 36.4 Å². The third kappa shape index (κ3) is 4.98. The van der Waals surface area contributed by atoms with Crippen molar-refractivity contribution in [3.63, 3.8) is 0 Å². The summed E-state index contributed by atoms with van der Waals surface area (Å²) in [5, 5.41) is 13.6. The van der Waals surface area contributed by atoms with Crippen molar-refractivity contribution in [2.75, 3.05) is 19.0 Å². The number of rotatable bonds is 9. The zero-order valence-corrected chi connectivity index (χ0v) is 19.7. The van der Waals surface area contributed by atoms with Crippen molar-refractivity contribution in [1.29, 1.82) is 0 Å². The maximum absolute atomic E-state index is 13.7. The molecule has 0 radical (unpaired) electrons. The predicted molar refractivity (Wildman–Crippen MR) is 125 cm³/mol. The molecule has 1 atom stereocenters. The Morgan fingerprint density at radius 1 is 1.24 bits per heavy atom. The first kappa shape index (κ1) is 23.1. The first-order valence-corrected chi connectivity index (χ1v) is 11.5. The van der Waals surface area contributed by atoms with Crippen LogP contribution in [0.25, 0.3) is 0 Å². The monoisotopic (exact) mass is 452 g/mol. The Balaban J connectivity index is 1.69. The van der Waals surface area contributed by atoms with Crippen molar-refractivity contribution in [3.8, 4) is 11.5 Å². The second-order valence-electron chi connectivity index (χ2n) is 9.41. The smallest absolute Gasteiger partial charge is 0.257 e. The van der Waals surface area contributed by atoms with Crippen molar-refractivity contribution in [2.45, 2.75) is 58.2 Å². The molecule has 2 aromatic rings. The molecule has 1 heterocycles. The number of carbonyl (C=O) groups is 2. The molecule has 1 fully saturated rings. The normalized spacial score (nSPS) is 16.4. The zero-order chi connectivity index (χ0) is 23.8. The van der Waals surface area contributed by atoms with E-state index in [1.54, 1.807) is 31.9 Å². The number of ether oxygens (including phenoxy) is 2. The average molecular weight is 453 g/mol. The molecule has 1 saturated carbocycles. The molecule has 0 unspecified atom stereocenters. The number of nitrogens with zero attached hydrogens (tertiary/aromatic N) is 1. The standard InChI is InChI=1S/C26H32N2O5/c1-5-33-22-13-17(11-12-21(22)32-4)20(14-26(2,3)31)28-15-18-7-6-8-19(23(18)25(28)30)27-24(29)16-9-10-16/h6-8,11-13,16,20,31H,5,9-10,14-15H2,1-4H3,(H,27,29)/t20-/m0/s1. The van der Waals surface area contributed by atoms with Gasteiger partial charge in [-0.25, -0.2) is 0 Å². The Bertz CT molecular complexity index is 1060. The van der Waals surface area contributed by atoms with E-state index in [0.29, 0.717) is 42.3 Å². The Morgan fingerprint density at radius 3 is 2.64 bits per heavy atom. The number of hydrogen-bond donors (Lipinski definition) is 2. The molecule has 1 aliphatic heterocycles. The molecule has 2 aliphatic rings. The van der Waals surface area contributed by atoms with Crippen molar-refractivity contribution in [3.05, 3.63) is 53.1 Å². The van der Waals surface area contributed by atoms with Gasteiger partial charge < -0.3 is 24.8 Å². The predicted octanol–water partition coefficient (Wildman–Crippen LogP) is 4.30. The van der Waals surface area contributed by atoms with Gasteiger partial charge in [0.15, 0.2) is 11.5 Å². The highest BCUT2D eigenvalue weighted by Gasteiger charge is 2.38. The van der Waals surface area contributed by atoms with Gasteiger partial charge in [-0.2, -0.15) is 0 Å². The fraction of sp³-hybridized carbons (Fsp3) is 0.462. The molecule has 0 saturated heterocycles. The van der Waals surface area contributed by atoms with Crippen molar-refractivity contribution < 1.29 is 24.2 Å². The summed E-state index contributed by atoms with van der Waals surface area (Å²) in [6.07, 6.45) is 2.14. The number of benzene rings is 2. The van der Waals surface area contributed by atoms with E-state index in [4.69, 9.17) is 9.47 Å². The average Bonchev–Trinajstić information content (AvgIpc) is 3.56. The second-order valence-corrected chi connectivity index (χ2v) is 9.41. The summed E-state index contributed by atoms with van der Waals surface area (Å²) in [5.74, 6) is 1.08. The van der Waals surface area contributed by atoms with Gasteiger partial charge in [-0.15, -0.1) is 0 Å². The van der Waals surface area contributed by atoms with Crippen LogP contribution in [-0.2, 0) is 11.3 Å². The van der Waals surface area contributed by atoms with Crippen molar-refractivity contribution in [2.24, 2.45) is 5.92 Å². The van der Waals surface area contributed by atoms with E-state index >= 15 is 0 Å². The van der Waals surface area contributed by atoms with Crippen LogP contribution in [0, 0.1) is 5.92 Å². The van der Waals surface area contributed by atoms with Crippen LogP contribution < -0.4 is 14.8 Å². The molecule has 0 aromatic heterocycles. The lowest BCUT2D eigenvalue weighted by Gasteiger charge is -2.33. The zero-order valence-electron chi connectivity index (χ0n) is 19.7. The van der Waals surface area contributed by atoms with Crippen LogP contribution in [-0.4, -0.2) is 41.1 Å². The van der Waals surface area contributed by atoms with Crippen LogP contribution in [0.2, 0.25) is 0 Å². The number of aliphatic hydroxyl groups is 1. The van der Waals surface area contributed by atoms with E-state index in [-0.39, 0.29) is 23.8 Å². The van der Waals surface area contributed by atoms with Crippen molar-refractivity contribution >= 4 is 17.5 Å². The maximum atomic E-state index is 13.7. The largest absolute Gasteiger partial charge is 0.493 e. The molecule has 176 valence electrons.